The number of hydrogen-bond acceptors (Lipinski definition) is 5. The van der Waals surface area contributed by atoms with E-state index in [1.54, 1.807) is 11.8 Å². The Kier molecular flexibility index (Phi) is 12.0. The number of hydrogen-bond donors (Lipinski definition) is 4. The Hall–Kier alpha value is -0.650. The van der Waals surface area contributed by atoms with E-state index < -0.39 is 16.1 Å². The molecule has 0 aliphatic heterocycles. The summed E-state index contributed by atoms with van der Waals surface area (Å²) in [4.78, 5) is 37.9. The van der Waals surface area contributed by atoms with Crippen LogP contribution in [0.25, 0.3) is 0 Å². The van der Waals surface area contributed by atoms with E-state index >= 15 is 0 Å². The Morgan fingerprint density at radius 2 is 1.00 bits per heavy atom. The fourth-order valence-corrected chi connectivity index (χ4v) is 8.31. The molecule has 0 heterocycles. The van der Waals surface area contributed by atoms with E-state index in [2.05, 4.69) is 79.7 Å². The molecule has 9 heteroatoms. The number of aryl methyl sites for hydroxylation is 2. The summed E-state index contributed by atoms with van der Waals surface area (Å²) in [6, 6.07) is 12.5. The third-order valence-electron chi connectivity index (χ3n) is 7.05. The zero-order valence-electron chi connectivity index (χ0n) is 24.7. The van der Waals surface area contributed by atoms with Crippen molar-refractivity contribution in [2.75, 3.05) is 12.3 Å². The fourth-order valence-electron chi connectivity index (χ4n) is 5.24. The van der Waals surface area contributed by atoms with Crippen LogP contribution in [0.5, 0.6) is 0 Å². The van der Waals surface area contributed by atoms with Gasteiger partial charge in [0, 0.05) is 18.9 Å². The van der Waals surface area contributed by atoms with Crippen molar-refractivity contribution in [3.63, 3.8) is 0 Å². The van der Waals surface area contributed by atoms with Crippen LogP contribution in [0.3, 0.4) is 0 Å². The molecule has 2 aromatic carbocycles. The molecule has 2 unspecified atom stereocenters. The van der Waals surface area contributed by atoms with Crippen LogP contribution in [0.1, 0.15) is 111 Å². The van der Waals surface area contributed by atoms with Gasteiger partial charge < -0.3 is 0 Å². The molecule has 220 valence electrons. The van der Waals surface area contributed by atoms with Gasteiger partial charge in [0.25, 0.3) is 0 Å². The first-order valence-corrected chi connectivity index (χ1v) is 18.1. The second kappa shape index (κ2) is 13.6. The van der Waals surface area contributed by atoms with Crippen molar-refractivity contribution in [1.29, 1.82) is 0 Å². The Bertz CT molecular complexity index is 1000. The quantitative estimate of drug-likeness (QED) is 0.182. The molecular weight excluding hydrogens is 556 g/mol. The molecule has 0 spiro atoms. The van der Waals surface area contributed by atoms with Crippen LogP contribution in [0, 0.1) is 13.8 Å². The number of benzene rings is 2. The van der Waals surface area contributed by atoms with Gasteiger partial charge in [-0.2, -0.15) is 19.6 Å². The summed E-state index contributed by atoms with van der Waals surface area (Å²) in [5, 5.41) is -0.171. The average Bonchev–Trinajstić information content (AvgIpc) is 2.74. The second-order valence-electron chi connectivity index (χ2n) is 12.7. The standard InChI is InChI=1S/C30H48F2O4P2S/c1-21-13-9-15-23(29(3,4)5)27(21)25(17-11-19-37(31,33)34)39-26(18-12-20-38(32,35)36)28-22(2)14-10-16-24(28)30(6,7)8/h9-10,13-16,25-26,33-36H,11-12,17-20H2,1-8H3/q+2. The smallest absolute Gasteiger partial charge is 0.189 e. The Balaban J connectivity index is 2.66. The topological polar surface area (TPSA) is 80.9 Å². The molecule has 0 aliphatic rings. The average molecular weight is 605 g/mol. The van der Waals surface area contributed by atoms with E-state index in [1.165, 1.54) is 22.3 Å². The maximum Gasteiger partial charge on any atom is 0.462 e. The summed E-state index contributed by atoms with van der Waals surface area (Å²) in [5.74, 6) is 0. The second-order valence-corrected chi connectivity index (χ2v) is 17.6. The minimum absolute atomic E-state index is 0.0856. The summed E-state index contributed by atoms with van der Waals surface area (Å²) >= 11 is 1.74. The van der Waals surface area contributed by atoms with Crippen molar-refractivity contribution < 1.29 is 28.0 Å². The molecule has 39 heavy (non-hydrogen) atoms. The van der Waals surface area contributed by atoms with Gasteiger partial charge >= 0.3 is 16.1 Å². The molecule has 0 aliphatic carbocycles. The zero-order valence-corrected chi connectivity index (χ0v) is 27.3. The Morgan fingerprint density at radius 1 is 0.667 bits per heavy atom. The highest BCUT2D eigenvalue weighted by atomic mass is 32.2. The van der Waals surface area contributed by atoms with E-state index in [0.717, 1.165) is 11.1 Å². The van der Waals surface area contributed by atoms with E-state index in [0.29, 0.717) is 25.7 Å². The molecule has 0 fully saturated rings. The first kappa shape index (κ1) is 34.6. The normalized spacial score (nSPS) is 14.9. The van der Waals surface area contributed by atoms with E-state index in [1.807, 2.05) is 12.1 Å². The van der Waals surface area contributed by atoms with Crippen LogP contribution >= 0.6 is 27.8 Å². The predicted molar refractivity (Wildman–Crippen MR) is 166 cm³/mol. The third kappa shape index (κ3) is 10.9. The zero-order chi connectivity index (χ0) is 29.8. The van der Waals surface area contributed by atoms with Crippen LogP contribution in [0.2, 0.25) is 0 Å². The minimum atomic E-state index is -4.39. The van der Waals surface area contributed by atoms with Crippen molar-refractivity contribution >= 4 is 27.8 Å². The molecule has 2 aromatic rings. The van der Waals surface area contributed by atoms with Crippen LogP contribution in [0.15, 0.2) is 36.4 Å². The highest BCUT2D eigenvalue weighted by Gasteiger charge is 2.37. The molecule has 2 atom stereocenters. The highest BCUT2D eigenvalue weighted by molar-refractivity contribution is 7.99. The predicted octanol–water partition coefficient (Wildman–Crippen LogP) is 9.41. The number of halogens is 2. The van der Waals surface area contributed by atoms with Gasteiger partial charge in [0.05, 0.1) is 0 Å². The largest absolute Gasteiger partial charge is 0.462 e. The Labute approximate surface area is 239 Å². The van der Waals surface area contributed by atoms with Crippen molar-refractivity contribution in [3.8, 4) is 0 Å². The van der Waals surface area contributed by atoms with Crippen molar-refractivity contribution in [1.82, 2.24) is 0 Å². The van der Waals surface area contributed by atoms with Gasteiger partial charge in [0.1, 0.15) is 12.3 Å². The molecule has 4 nitrogen and oxygen atoms in total. The molecule has 0 saturated heterocycles. The number of rotatable bonds is 12. The Morgan fingerprint density at radius 3 is 1.28 bits per heavy atom. The monoisotopic (exact) mass is 604 g/mol. The van der Waals surface area contributed by atoms with E-state index in [4.69, 9.17) is 0 Å². The van der Waals surface area contributed by atoms with Crippen molar-refractivity contribution in [2.45, 2.75) is 102 Å². The van der Waals surface area contributed by atoms with Crippen molar-refractivity contribution in [2.24, 2.45) is 0 Å². The van der Waals surface area contributed by atoms with Crippen LogP contribution in [-0.2, 0) is 10.8 Å². The van der Waals surface area contributed by atoms with Gasteiger partial charge in [-0.25, -0.2) is 0 Å². The molecule has 0 saturated carbocycles. The van der Waals surface area contributed by atoms with Gasteiger partial charge in [0.15, 0.2) is 0 Å². The molecule has 0 amide bonds. The highest BCUT2D eigenvalue weighted by Crippen LogP contribution is 2.56. The lowest BCUT2D eigenvalue weighted by Gasteiger charge is -2.34. The van der Waals surface area contributed by atoms with Crippen LogP contribution in [-0.4, -0.2) is 31.9 Å². The summed E-state index contributed by atoms with van der Waals surface area (Å²) in [5.41, 5.74) is 6.66. The summed E-state index contributed by atoms with van der Waals surface area (Å²) in [6.07, 6.45) is 1.13. The maximum atomic E-state index is 13.8. The molecular formula is C30H48F2O4P2S+2. The fraction of sp³-hybridized carbons (Fsp3) is 0.600. The van der Waals surface area contributed by atoms with Crippen LogP contribution in [0.4, 0.5) is 8.39 Å². The SMILES string of the molecule is Cc1cccc(C(C)(C)C)c1C(CCC[P+](O)(O)F)SC(CCC[P+](O)(O)F)c1c(C)cccc1C(C)(C)C. The number of thioether (sulfide) groups is 1. The van der Waals surface area contributed by atoms with E-state index in [-0.39, 0.29) is 33.7 Å². The molecule has 0 bridgehead atoms. The first-order valence-electron chi connectivity index (χ1n) is 13.6. The molecule has 0 aromatic heterocycles. The summed E-state index contributed by atoms with van der Waals surface area (Å²) in [6.45, 7) is 17.1. The summed E-state index contributed by atoms with van der Waals surface area (Å²) < 4.78 is 27.5. The third-order valence-corrected chi connectivity index (χ3v) is 10.4. The van der Waals surface area contributed by atoms with Gasteiger partial charge in [-0.05, 0) is 83.7 Å². The lowest BCUT2D eigenvalue weighted by molar-refractivity contribution is 0.385. The first-order chi connectivity index (χ1) is 17.7. The van der Waals surface area contributed by atoms with Gasteiger partial charge in [-0.1, -0.05) is 77.9 Å². The molecule has 0 radical (unpaired) electrons. The van der Waals surface area contributed by atoms with E-state index in [9.17, 15) is 28.0 Å². The van der Waals surface area contributed by atoms with Crippen LogP contribution < -0.4 is 0 Å². The molecule has 2 rings (SSSR count). The summed E-state index contributed by atoms with van der Waals surface area (Å²) in [7, 11) is -8.78. The van der Waals surface area contributed by atoms with Crippen molar-refractivity contribution in [3.05, 3.63) is 69.8 Å². The van der Waals surface area contributed by atoms with Gasteiger partial charge in [-0.3, -0.25) is 0 Å². The molecule has 4 N–H and O–H groups in total. The minimum Gasteiger partial charge on any atom is -0.189 e. The maximum absolute atomic E-state index is 13.8. The lowest BCUT2D eigenvalue weighted by Crippen LogP contribution is -2.19. The van der Waals surface area contributed by atoms with Gasteiger partial charge in [0.2, 0.25) is 0 Å². The van der Waals surface area contributed by atoms with Gasteiger partial charge in [-0.15, -0.1) is 11.8 Å². The lowest BCUT2D eigenvalue weighted by atomic mass is 9.80.